The number of unbranched alkanes of at least 4 members (excludes halogenated alkanes) is 2. The molecule has 132 valence electrons. The summed E-state index contributed by atoms with van der Waals surface area (Å²) in [6.45, 7) is 4.45. The van der Waals surface area contributed by atoms with Crippen LogP contribution in [0.25, 0.3) is 17.2 Å². The molecule has 2 heteroatoms. The Kier molecular flexibility index (Phi) is 7.46. The van der Waals surface area contributed by atoms with Crippen LogP contribution in [0.5, 0.6) is 0 Å². The molecule has 1 atom stereocenters. The van der Waals surface area contributed by atoms with E-state index in [4.69, 9.17) is 5.11 Å². The zero-order valence-corrected chi connectivity index (χ0v) is 15.2. The molecule has 0 radical (unpaired) electrons. The second-order valence-corrected chi connectivity index (χ2v) is 6.45. The lowest BCUT2D eigenvalue weighted by atomic mass is 9.82. The van der Waals surface area contributed by atoms with E-state index >= 15 is 0 Å². The molecule has 0 aliphatic heterocycles. The number of hydrogen-bond donors (Lipinski definition) is 1. The molecule has 2 rings (SSSR count). The smallest absolute Gasteiger partial charge is 0.328 e. The Morgan fingerprint density at radius 1 is 1.04 bits per heavy atom. The zero-order chi connectivity index (χ0) is 18.1. The molecular weight excluding hydrogens is 308 g/mol. The number of aliphatic carboxylic acids is 1. The number of benzene rings is 2. The van der Waals surface area contributed by atoms with Crippen LogP contribution < -0.4 is 0 Å². The molecule has 1 N–H and O–H groups in total. The fourth-order valence-electron chi connectivity index (χ4n) is 3.41. The predicted octanol–water partition coefficient (Wildman–Crippen LogP) is 6.53. The molecule has 25 heavy (non-hydrogen) atoms. The molecule has 2 aromatic rings. The molecule has 0 spiro atoms. The van der Waals surface area contributed by atoms with Crippen molar-refractivity contribution in [3.8, 4) is 11.1 Å². The van der Waals surface area contributed by atoms with Gasteiger partial charge in [-0.2, -0.15) is 0 Å². The van der Waals surface area contributed by atoms with Crippen LogP contribution in [0.4, 0.5) is 0 Å². The summed E-state index contributed by atoms with van der Waals surface area (Å²) in [5, 5.41) is 9.03. The van der Waals surface area contributed by atoms with Crippen LogP contribution >= 0.6 is 0 Å². The van der Waals surface area contributed by atoms with Crippen molar-refractivity contribution in [3.63, 3.8) is 0 Å². The molecule has 1 unspecified atom stereocenters. The molecule has 0 aliphatic carbocycles. The van der Waals surface area contributed by atoms with Crippen molar-refractivity contribution in [2.45, 2.75) is 51.9 Å². The van der Waals surface area contributed by atoms with Crippen molar-refractivity contribution >= 4 is 12.0 Å². The van der Waals surface area contributed by atoms with Crippen molar-refractivity contribution in [3.05, 3.63) is 65.7 Å². The Labute approximate surface area is 151 Å². The summed E-state index contributed by atoms with van der Waals surface area (Å²) in [6, 6.07) is 16.6. The average molecular weight is 336 g/mol. The molecule has 2 nitrogen and oxygen atoms in total. The lowest BCUT2D eigenvalue weighted by Crippen LogP contribution is -2.03. The van der Waals surface area contributed by atoms with Gasteiger partial charge >= 0.3 is 5.97 Å². The molecule has 0 aromatic heterocycles. The van der Waals surface area contributed by atoms with Gasteiger partial charge in [-0.3, -0.25) is 0 Å². The number of carbonyl (C=O) groups is 1. The maximum absolute atomic E-state index is 11.0. The quantitative estimate of drug-likeness (QED) is 0.418. The van der Waals surface area contributed by atoms with E-state index in [2.05, 4.69) is 44.2 Å². The fraction of sp³-hybridized carbons (Fsp3) is 0.348. The lowest BCUT2D eigenvalue weighted by Gasteiger charge is -2.22. The van der Waals surface area contributed by atoms with E-state index in [0.717, 1.165) is 18.4 Å². The van der Waals surface area contributed by atoms with Crippen LogP contribution in [0.1, 0.15) is 63.0 Å². The van der Waals surface area contributed by atoms with E-state index in [1.54, 1.807) is 6.08 Å². The number of hydrogen-bond acceptors (Lipinski definition) is 1. The zero-order valence-electron chi connectivity index (χ0n) is 15.2. The SMILES string of the molecule is CCCCCC(CC)c1c(C=CC(=O)O)cccc1-c1ccccc1. The minimum Gasteiger partial charge on any atom is -0.478 e. The second kappa shape index (κ2) is 9.83. The maximum Gasteiger partial charge on any atom is 0.328 e. The summed E-state index contributed by atoms with van der Waals surface area (Å²) in [7, 11) is 0. The Morgan fingerprint density at radius 2 is 1.80 bits per heavy atom. The first-order chi connectivity index (χ1) is 12.2. The van der Waals surface area contributed by atoms with Crippen molar-refractivity contribution in [1.29, 1.82) is 0 Å². The summed E-state index contributed by atoms with van der Waals surface area (Å²) in [6.07, 6.45) is 8.84. The molecule has 0 saturated carbocycles. The summed E-state index contributed by atoms with van der Waals surface area (Å²) < 4.78 is 0. The van der Waals surface area contributed by atoms with Crippen LogP contribution in [0.2, 0.25) is 0 Å². The third-order valence-electron chi connectivity index (χ3n) is 4.69. The molecule has 0 saturated heterocycles. The fourth-order valence-corrected chi connectivity index (χ4v) is 3.41. The van der Waals surface area contributed by atoms with Gasteiger partial charge in [0.05, 0.1) is 0 Å². The standard InChI is InChI=1S/C23H28O2/c1-3-5-7-11-18(4-2)23-20(16-17-22(24)25)14-10-15-21(23)19-12-8-6-9-13-19/h6,8-10,12-18H,3-5,7,11H2,1-2H3,(H,24,25). The third kappa shape index (κ3) is 5.32. The van der Waals surface area contributed by atoms with Gasteiger partial charge in [-0.15, -0.1) is 0 Å². The summed E-state index contributed by atoms with van der Waals surface area (Å²) in [4.78, 5) is 11.0. The first-order valence-electron chi connectivity index (χ1n) is 9.26. The second-order valence-electron chi connectivity index (χ2n) is 6.45. The van der Waals surface area contributed by atoms with Gasteiger partial charge in [-0.25, -0.2) is 4.79 Å². The van der Waals surface area contributed by atoms with Gasteiger partial charge in [-0.1, -0.05) is 81.6 Å². The van der Waals surface area contributed by atoms with Gasteiger partial charge in [0.15, 0.2) is 0 Å². The van der Waals surface area contributed by atoms with E-state index in [0.29, 0.717) is 5.92 Å². The number of carboxylic acid groups (broad SMARTS) is 1. The highest BCUT2D eigenvalue weighted by Gasteiger charge is 2.17. The molecule has 0 fully saturated rings. The van der Waals surface area contributed by atoms with E-state index in [9.17, 15) is 4.79 Å². The van der Waals surface area contributed by atoms with Gasteiger partial charge < -0.3 is 5.11 Å². The van der Waals surface area contributed by atoms with Crippen molar-refractivity contribution in [2.24, 2.45) is 0 Å². The van der Waals surface area contributed by atoms with E-state index < -0.39 is 5.97 Å². The van der Waals surface area contributed by atoms with Gasteiger partial charge in [-0.05, 0) is 47.1 Å². The monoisotopic (exact) mass is 336 g/mol. The normalized spacial score (nSPS) is 12.4. The largest absolute Gasteiger partial charge is 0.478 e. The molecule has 0 aliphatic rings. The first kappa shape index (κ1) is 19.0. The maximum atomic E-state index is 11.0. The topological polar surface area (TPSA) is 37.3 Å². The van der Waals surface area contributed by atoms with Gasteiger partial charge in [0, 0.05) is 6.08 Å². The van der Waals surface area contributed by atoms with Crippen LogP contribution in [-0.2, 0) is 4.79 Å². The van der Waals surface area contributed by atoms with E-state index in [1.165, 1.54) is 42.0 Å². The van der Waals surface area contributed by atoms with E-state index in [-0.39, 0.29) is 0 Å². The number of carboxylic acids is 1. The summed E-state index contributed by atoms with van der Waals surface area (Å²) >= 11 is 0. The predicted molar refractivity (Wildman–Crippen MR) is 106 cm³/mol. The van der Waals surface area contributed by atoms with Crippen LogP contribution in [0, 0.1) is 0 Å². The van der Waals surface area contributed by atoms with Crippen molar-refractivity contribution < 1.29 is 9.90 Å². The van der Waals surface area contributed by atoms with Crippen LogP contribution in [-0.4, -0.2) is 11.1 Å². The Bertz CT molecular complexity index is 701. The highest BCUT2D eigenvalue weighted by atomic mass is 16.4. The van der Waals surface area contributed by atoms with Crippen molar-refractivity contribution in [2.75, 3.05) is 0 Å². The number of rotatable bonds is 9. The molecule has 0 bridgehead atoms. The molecule has 2 aromatic carbocycles. The van der Waals surface area contributed by atoms with Gasteiger partial charge in [0.25, 0.3) is 0 Å². The third-order valence-corrected chi connectivity index (χ3v) is 4.69. The Hall–Kier alpha value is -2.35. The summed E-state index contributed by atoms with van der Waals surface area (Å²) in [5.41, 5.74) is 4.71. The molecule has 0 heterocycles. The Morgan fingerprint density at radius 3 is 2.44 bits per heavy atom. The Balaban J connectivity index is 2.51. The van der Waals surface area contributed by atoms with Crippen LogP contribution in [0.3, 0.4) is 0 Å². The molecular formula is C23H28O2. The highest BCUT2D eigenvalue weighted by Crippen LogP contribution is 2.37. The minimum absolute atomic E-state index is 0.441. The van der Waals surface area contributed by atoms with Gasteiger partial charge in [0.2, 0.25) is 0 Å². The van der Waals surface area contributed by atoms with E-state index in [1.807, 2.05) is 18.2 Å². The average Bonchev–Trinajstić information content (AvgIpc) is 2.64. The minimum atomic E-state index is -0.907. The van der Waals surface area contributed by atoms with Crippen LogP contribution in [0.15, 0.2) is 54.6 Å². The van der Waals surface area contributed by atoms with Crippen molar-refractivity contribution in [1.82, 2.24) is 0 Å². The summed E-state index contributed by atoms with van der Waals surface area (Å²) in [5.74, 6) is -0.466. The van der Waals surface area contributed by atoms with Gasteiger partial charge in [0.1, 0.15) is 0 Å². The first-order valence-corrected chi connectivity index (χ1v) is 9.26. The highest BCUT2D eigenvalue weighted by molar-refractivity contribution is 5.86. The lowest BCUT2D eigenvalue weighted by molar-refractivity contribution is -0.131. The molecule has 0 amide bonds.